The molecule has 0 radical (unpaired) electrons. The van der Waals surface area contributed by atoms with Gasteiger partial charge in [0, 0.05) is 12.1 Å². The molecule has 4 heteroatoms. The third-order valence-corrected chi connectivity index (χ3v) is 5.17. The summed E-state index contributed by atoms with van der Waals surface area (Å²) in [6.45, 7) is 4.06. The van der Waals surface area contributed by atoms with E-state index in [1.807, 2.05) is 19.1 Å². The summed E-state index contributed by atoms with van der Waals surface area (Å²) in [4.78, 5) is 10.9. The van der Waals surface area contributed by atoms with Gasteiger partial charge in [-0.05, 0) is 62.5 Å². The SMILES string of the molecule is Cc1ccc(NC(C)C2CC3CCC2C3)c([N+](=O)[O-])c1. The minimum atomic E-state index is -0.289. The number of nitro groups is 1. The van der Waals surface area contributed by atoms with Crippen LogP contribution in [0, 0.1) is 34.8 Å². The monoisotopic (exact) mass is 274 g/mol. The fourth-order valence-electron chi connectivity index (χ4n) is 4.17. The lowest BCUT2D eigenvalue weighted by Gasteiger charge is -2.29. The van der Waals surface area contributed by atoms with Crippen LogP contribution < -0.4 is 5.32 Å². The highest BCUT2D eigenvalue weighted by atomic mass is 16.6. The van der Waals surface area contributed by atoms with E-state index in [1.165, 1.54) is 25.7 Å². The number of nitrogens with zero attached hydrogens (tertiary/aromatic N) is 1. The van der Waals surface area contributed by atoms with E-state index in [-0.39, 0.29) is 10.6 Å². The fraction of sp³-hybridized carbons (Fsp3) is 0.625. The minimum absolute atomic E-state index is 0.194. The van der Waals surface area contributed by atoms with Crippen LogP contribution in [-0.4, -0.2) is 11.0 Å². The van der Waals surface area contributed by atoms with E-state index < -0.39 is 0 Å². The molecule has 3 rings (SSSR count). The molecule has 2 aliphatic rings. The topological polar surface area (TPSA) is 55.2 Å². The van der Waals surface area contributed by atoms with Gasteiger partial charge in [-0.25, -0.2) is 0 Å². The molecule has 0 heterocycles. The van der Waals surface area contributed by atoms with Crippen molar-refractivity contribution in [3.05, 3.63) is 33.9 Å². The van der Waals surface area contributed by atoms with Crippen LogP contribution in [0.1, 0.15) is 38.2 Å². The molecule has 2 saturated carbocycles. The van der Waals surface area contributed by atoms with Crippen molar-refractivity contribution in [2.24, 2.45) is 17.8 Å². The summed E-state index contributed by atoms with van der Waals surface area (Å²) in [7, 11) is 0. The van der Waals surface area contributed by atoms with Crippen molar-refractivity contribution in [2.45, 2.75) is 45.6 Å². The van der Waals surface area contributed by atoms with E-state index in [2.05, 4.69) is 12.2 Å². The third kappa shape index (κ3) is 2.39. The molecule has 2 aliphatic carbocycles. The molecule has 0 amide bonds. The first-order valence-corrected chi connectivity index (χ1v) is 7.56. The van der Waals surface area contributed by atoms with Crippen molar-refractivity contribution in [3.8, 4) is 0 Å². The van der Waals surface area contributed by atoms with Crippen LogP contribution in [-0.2, 0) is 0 Å². The number of anilines is 1. The van der Waals surface area contributed by atoms with Crippen molar-refractivity contribution < 1.29 is 4.92 Å². The van der Waals surface area contributed by atoms with Crippen LogP contribution in [0.15, 0.2) is 18.2 Å². The lowest BCUT2D eigenvalue weighted by Crippen LogP contribution is -2.30. The number of aryl methyl sites for hydroxylation is 1. The highest BCUT2D eigenvalue weighted by molar-refractivity contribution is 5.63. The van der Waals surface area contributed by atoms with Crippen molar-refractivity contribution in [1.29, 1.82) is 0 Å². The molecule has 0 aliphatic heterocycles. The van der Waals surface area contributed by atoms with Gasteiger partial charge in [-0.2, -0.15) is 0 Å². The standard InChI is InChI=1S/C16H22N2O2/c1-10-3-6-15(16(7-10)18(19)20)17-11(2)14-9-12-4-5-13(14)8-12/h3,6-7,11-14,17H,4-5,8-9H2,1-2H3. The second-order valence-electron chi connectivity index (χ2n) is 6.55. The molecular formula is C16H22N2O2. The van der Waals surface area contributed by atoms with Gasteiger partial charge in [-0.1, -0.05) is 12.5 Å². The molecule has 0 spiro atoms. The van der Waals surface area contributed by atoms with Crippen molar-refractivity contribution in [2.75, 3.05) is 5.32 Å². The summed E-state index contributed by atoms with van der Waals surface area (Å²) in [5, 5.41) is 14.6. The van der Waals surface area contributed by atoms with Gasteiger partial charge < -0.3 is 5.32 Å². The maximum absolute atomic E-state index is 11.2. The molecule has 1 aromatic carbocycles. The highest BCUT2D eigenvalue weighted by Crippen LogP contribution is 2.50. The van der Waals surface area contributed by atoms with Gasteiger partial charge in [0.15, 0.2) is 0 Å². The van der Waals surface area contributed by atoms with Crippen molar-refractivity contribution in [1.82, 2.24) is 0 Å². The Hall–Kier alpha value is -1.58. The number of nitro benzene ring substituents is 1. The molecular weight excluding hydrogens is 252 g/mol. The predicted octanol–water partition coefficient (Wildman–Crippen LogP) is 4.14. The number of rotatable bonds is 4. The van der Waals surface area contributed by atoms with Gasteiger partial charge >= 0.3 is 0 Å². The van der Waals surface area contributed by atoms with E-state index in [9.17, 15) is 10.1 Å². The molecule has 2 bridgehead atoms. The zero-order chi connectivity index (χ0) is 14.3. The van der Waals surface area contributed by atoms with Crippen LogP contribution in [0.4, 0.5) is 11.4 Å². The fourth-order valence-corrected chi connectivity index (χ4v) is 4.17. The largest absolute Gasteiger partial charge is 0.377 e. The van der Waals surface area contributed by atoms with Gasteiger partial charge in [0.05, 0.1) is 4.92 Å². The van der Waals surface area contributed by atoms with Gasteiger partial charge in [0.1, 0.15) is 5.69 Å². The van der Waals surface area contributed by atoms with Crippen LogP contribution in [0.2, 0.25) is 0 Å². The Labute approximate surface area is 119 Å². The third-order valence-electron chi connectivity index (χ3n) is 5.17. The maximum atomic E-state index is 11.2. The van der Waals surface area contributed by atoms with Crippen LogP contribution in [0.5, 0.6) is 0 Å². The quantitative estimate of drug-likeness (QED) is 0.663. The lowest BCUT2D eigenvalue weighted by molar-refractivity contribution is -0.384. The Morgan fingerprint density at radius 2 is 2.15 bits per heavy atom. The van der Waals surface area contributed by atoms with Gasteiger partial charge in [0.2, 0.25) is 0 Å². The Balaban J connectivity index is 1.76. The Morgan fingerprint density at radius 1 is 1.35 bits per heavy atom. The summed E-state index contributed by atoms with van der Waals surface area (Å²) < 4.78 is 0. The summed E-state index contributed by atoms with van der Waals surface area (Å²) in [6.07, 6.45) is 5.39. The van der Waals surface area contributed by atoms with E-state index in [4.69, 9.17) is 0 Å². The summed E-state index contributed by atoms with van der Waals surface area (Å²) >= 11 is 0. The maximum Gasteiger partial charge on any atom is 0.292 e. The second-order valence-corrected chi connectivity index (χ2v) is 6.55. The molecule has 2 fully saturated rings. The molecule has 0 saturated heterocycles. The number of fused-ring (bicyclic) bond motifs is 2. The first-order chi connectivity index (χ1) is 9.54. The molecule has 4 nitrogen and oxygen atoms in total. The first-order valence-electron chi connectivity index (χ1n) is 7.56. The molecule has 108 valence electrons. The average molecular weight is 274 g/mol. The Bertz CT molecular complexity index is 529. The Morgan fingerprint density at radius 3 is 2.75 bits per heavy atom. The lowest BCUT2D eigenvalue weighted by atomic mass is 9.84. The molecule has 4 atom stereocenters. The second kappa shape index (κ2) is 5.08. The van der Waals surface area contributed by atoms with Gasteiger partial charge in [0.25, 0.3) is 5.69 Å². The number of hydrogen-bond acceptors (Lipinski definition) is 3. The summed E-state index contributed by atoms with van der Waals surface area (Å²) in [5.74, 6) is 2.41. The Kier molecular flexibility index (Phi) is 3.40. The van der Waals surface area contributed by atoms with Crippen LogP contribution >= 0.6 is 0 Å². The number of hydrogen-bond donors (Lipinski definition) is 1. The van der Waals surface area contributed by atoms with E-state index >= 15 is 0 Å². The number of benzene rings is 1. The summed E-state index contributed by atoms with van der Waals surface area (Å²) in [5.41, 5.74) is 1.78. The average Bonchev–Trinajstić information content (AvgIpc) is 3.03. The molecule has 1 aromatic rings. The van der Waals surface area contributed by atoms with Crippen LogP contribution in [0.3, 0.4) is 0 Å². The predicted molar refractivity (Wildman–Crippen MR) is 79.9 cm³/mol. The van der Waals surface area contributed by atoms with E-state index in [0.717, 1.165) is 17.4 Å². The highest BCUT2D eigenvalue weighted by Gasteiger charge is 2.42. The van der Waals surface area contributed by atoms with Crippen molar-refractivity contribution >= 4 is 11.4 Å². The zero-order valence-electron chi connectivity index (χ0n) is 12.1. The smallest absolute Gasteiger partial charge is 0.292 e. The molecule has 0 aromatic heterocycles. The minimum Gasteiger partial charge on any atom is -0.377 e. The molecule has 1 N–H and O–H groups in total. The normalized spacial score (nSPS) is 29.4. The van der Waals surface area contributed by atoms with Crippen LogP contribution in [0.25, 0.3) is 0 Å². The van der Waals surface area contributed by atoms with Gasteiger partial charge in [-0.15, -0.1) is 0 Å². The van der Waals surface area contributed by atoms with Gasteiger partial charge in [-0.3, -0.25) is 10.1 Å². The zero-order valence-corrected chi connectivity index (χ0v) is 12.1. The van der Waals surface area contributed by atoms with Crippen molar-refractivity contribution in [3.63, 3.8) is 0 Å². The first kappa shape index (κ1) is 13.4. The van der Waals surface area contributed by atoms with E-state index in [1.54, 1.807) is 6.07 Å². The van der Waals surface area contributed by atoms with E-state index in [0.29, 0.717) is 17.6 Å². The number of nitrogens with one attached hydrogen (secondary N) is 1. The molecule has 4 unspecified atom stereocenters. The summed E-state index contributed by atoms with van der Waals surface area (Å²) in [6, 6.07) is 5.74. The molecule has 20 heavy (non-hydrogen) atoms.